The lowest BCUT2D eigenvalue weighted by Crippen LogP contribution is -2.06. The van der Waals surface area contributed by atoms with Crippen LogP contribution in [0.4, 0.5) is 0 Å². The molecule has 10 aromatic rings. The highest BCUT2D eigenvalue weighted by molar-refractivity contribution is 6.12. The van der Waals surface area contributed by atoms with Gasteiger partial charge in [0.15, 0.2) is 11.6 Å². The third kappa shape index (κ3) is 4.82. The second-order valence-electron chi connectivity index (χ2n) is 13.0. The molecule has 0 aliphatic carbocycles. The molecule has 0 fully saturated rings. The Balaban J connectivity index is 1.20. The summed E-state index contributed by atoms with van der Waals surface area (Å²) in [5.41, 5.74) is 11.0. The minimum absolute atomic E-state index is 0.586. The van der Waals surface area contributed by atoms with E-state index in [0.717, 1.165) is 49.7 Å². The number of rotatable bonds is 5. The lowest BCUT2D eigenvalue weighted by molar-refractivity contribution is 0.953. The van der Waals surface area contributed by atoms with E-state index in [0.29, 0.717) is 17.6 Å². The van der Waals surface area contributed by atoms with Crippen LogP contribution in [-0.2, 0) is 0 Å². The van der Waals surface area contributed by atoms with Gasteiger partial charge < -0.3 is 4.57 Å². The van der Waals surface area contributed by atoms with Gasteiger partial charge in [0.1, 0.15) is 0 Å². The first-order valence-corrected chi connectivity index (χ1v) is 17.2. The molecule has 240 valence electrons. The zero-order valence-corrected chi connectivity index (χ0v) is 27.9. The summed E-state index contributed by atoms with van der Waals surface area (Å²) in [5.74, 6) is 1.86. The summed E-state index contributed by atoms with van der Waals surface area (Å²) in [7, 11) is 0. The number of nitrogens with zero attached hydrogens (tertiary/aromatic N) is 5. The Morgan fingerprint density at radius 3 is 1.53 bits per heavy atom. The third-order valence-electron chi connectivity index (χ3n) is 9.86. The van der Waals surface area contributed by atoms with Crippen molar-refractivity contribution in [1.29, 1.82) is 0 Å². The first-order chi connectivity index (χ1) is 25.2. The number of fused-ring (bicyclic) bond motifs is 6. The predicted molar refractivity (Wildman–Crippen MR) is 210 cm³/mol. The molecule has 0 unspecified atom stereocenters. The second kappa shape index (κ2) is 11.6. The summed E-state index contributed by atoms with van der Waals surface area (Å²) in [6.07, 6.45) is 0. The molecule has 51 heavy (non-hydrogen) atoms. The summed E-state index contributed by atoms with van der Waals surface area (Å²) in [4.78, 5) is 15.2. The third-order valence-corrected chi connectivity index (χ3v) is 9.86. The van der Waals surface area contributed by atoms with Crippen LogP contribution in [0.5, 0.6) is 0 Å². The monoisotopic (exact) mass is 653 g/mol. The Bertz CT molecular complexity index is 2850. The summed E-state index contributed by atoms with van der Waals surface area (Å²) >= 11 is 0. The van der Waals surface area contributed by atoms with Crippen LogP contribution in [-0.4, -0.2) is 24.1 Å². The molecular formula is C46H31N5. The van der Waals surface area contributed by atoms with Crippen molar-refractivity contribution in [3.8, 4) is 45.5 Å². The number of aromatic nitrogens is 5. The maximum absolute atomic E-state index is 5.12. The van der Waals surface area contributed by atoms with Crippen molar-refractivity contribution in [2.24, 2.45) is 0 Å². The van der Waals surface area contributed by atoms with Gasteiger partial charge in [-0.2, -0.15) is 9.97 Å². The molecule has 0 bridgehead atoms. The summed E-state index contributed by atoms with van der Waals surface area (Å²) in [6.45, 7) is 2.13. The number of benzene rings is 7. The van der Waals surface area contributed by atoms with Gasteiger partial charge in [0, 0.05) is 38.4 Å². The molecule has 5 heteroatoms. The van der Waals surface area contributed by atoms with Crippen molar-refractivity contribution in [2.75, 3.05) is 0 Å². The molecule has 0 spiro atoms. The van der Waals surface area contributed by atoms with Crippen LogP contribution < -0.4 is 0 Å². The van der Waals surface area contributed by atoms with Gasteiger partial charge in [-0.15, -0.1) is 0 Å². The molecule has 0 atom stereocenters. The minimum atomic E-state index is 0.586. The Hall–Kier alpha value is -6.85. The van der Waals surface area contributed by atoms with E-state index in [2.05, 4.69) is 125 Å². The van der Waals surface area contributed by atoms with E-state index in [1.807, 2.05) is 60.7 Å². The second-order valence-corrected chi connectivity index (χ2v) is 13.0. The molecule has 0 aliphatic heterocycles. The van der Waals surface area contributed by atoms with Crippen LogP contribution in [0.2, 0.25) is 0 Å². The molecule has 3 heterocycles. The van der Waals surface area contributed by atoms with Crippen molar-refractivity contribution < 1.29 is 0 Å². The summed E-state index contributed by atoms with van der Waals surface area (Å²) < 4.78 is 4.56. The van der Waals surface area contributed by atoms with Gasteiger partial charge in [-0.3, -0.25) is 4.57 Å². The molecule has 10 rings (SSSR count). The van der Waals surface area contributed by atoms with Gasteiger partial charge in [0.2, 0.25) is 5.95 Å². The molecule has 0 aliphatic rings. The van der Waals surface area contributed by atoms with E-state index >= 15 is 0 Å². The van der Waals surface area contributed by atoms with Crippen LogP contribution in [0.15, 0.2) is 170 Å². The average molecular weight is 654 g/mol. The summed E-state index contributed by atoms with van der Waals surface area (Å²) in [6, 6.07) is 59.8. The van der Waals surface area contributed by atoms with Crippen molar-refractivity contribution in [3.63, 3.8) is 0 Å². The van der Waals surface area contributed by atoms with Crippen LogP contribution in [0, 0.1) is 6.92 Å². The van der Waals surface area contributed by atoms with Crippen molar-refractivity contribution in [2.45, 2.75) is 6.92 Å². The smallest absolute Gasteiger partial charge is 0.238 e. The fourth-order valence-corrected chi connectivity index (χ4v) is 7.39. The van der Waals surface area contributed by atoms with Gasteiger partial charge >= 0.3 is 0 Å². The molecule has 5 nitrogen and oxygen atoms in total. The normalized spacial score (nSPS) is 11.6. The van der Waals surface area contributed by atoms with Gasteiger partial charge in [0.25, 0.3) is 0 Å². The van der Waals surface area contributed by atoms with Crippen LogP contribution >= 0.6 is 0 Å². The highest BCUT2D eigenvalue weighted by Crippen LogP contribution is 2.38. The zero-order chi connectivity index (χ0) is 33.9. The maximum Gasteiger partial charge on any atom is 0.238 e. The molecule has 0 saturated carbocycles. The molecular weight excluding hydrogens is 623 g/mol. The SMILES string of the molecule is Cc1ccc(-n2c3ccccc3c3cc(-c4ccc5c6ccccc6n(-c6nc(-c7ccccc7)nc(-c7ccccc7)n6)c5c4)ccc32)cc1. The lowest BCUT2D eigenvalue weighted by Gasteiger charge is -2.11. The Morgan fingerprint density at radius 2 is 0.863 bits per heavy atom. The number of aryl methyl sites for hydroxylation is 1. The molecule has 0 radical (unpaired) electrons. The quantitative estimate of drug-likeness (QED) is 0.186. The fourth-order valence-electron chi connectivity index (χ4n) is 7.39. The fraction of sp³-hybridized carbons (Fsp3) is 0.0217. The van der Waals surface area contributed by atoms with E-state index in [1.54, 1.807) is 0 Å². The molecule has 3 aromatic heterocycles. The van der Waals surface area contributed by atoms with Crippen LogP contribution in [0.25, 0.3) is 89.2 Å². The summed E-state index contributed by atoms with van der Waals surface area (Å²) in [5, 5.41) is 4.76. The molecule has 7 aromatic carbocycles. The topological polar surface area (TPSA) is 48.5 Å². The van der Waals surface area contributed by atoms with Gasteiger partial charge in [-0.25, -0.2) is 4.98 Å². The maximum atomic E-state index is 5.12. The number of hydrogen-bond donors (Lipinski definition) is 0. The number of hydrogen-bond acceptors (Lipinski definition) is 3. The van der Waals surface area contributed by atoms with E-state index in [9.17, 15) is 0 Å². The van der Waals surface area contributed by atoms with Crippen molar-refractivity contribution in [1.82, 2.24) is 24.1 Å². The van der Waals surface area contributed by atoms with E-state index in [4.69, 9.17) is 15.0 Å². The molecule has 0 saturated heterocycles. The predicted octanol–water partition coefficient (Wildman–Crippen LogP) is 11.4. The van der Waals surface area contributed by atoms with Crippen molar-refractivity contribution in [3.05, 3.63) is 175 Å². The van der Waals surface area contributed by atoms with E-state index < -0.39 is 0 Å². The number of para-hydroxylation sites is 2. The van der Waals surface area contributed by atoms with E-state index in [1.165, 1.54) is 27.4 Å². The average Bonchev–Trinajstić information content (AvgIpc) is 3.71. The Kier molecular flexibility index (Phi) is 6.64. The van der Waals surface area contributed by atoms with Crippen molar-refractivity contribution >= 4 is 43.6 Å². The Morgan fingerprint density at radius 1 is 0.353 bits per heavy atom. The van der Waals surface area contributed by atoms with Gasteiger partial charge in [-0.05, 0) is 60.5 Å². The van der Waals surface area contributed by atoms with Crippen LogP contribution in [0.3, 0.4) is 0 Å². The minimum Gasteiger partial charge on any atom is -0.309 e. The van der Waals surface area contributed by atoms with Gasteiger partial charge in [-0.1, -0.05) is 133 Å². The highest BCUT2D eigenvalue weighted by Gasteiger charge is 2.19. The zero-order valence-electron chi connectivity index (χ0n) is 27.9. The standard InChI is InChI=1S/C46H31N5/c1-30-20-24-35(25-21-30)50-40-18-10-9-17-37(40)39-28-33(23-27-42(39)50)34-22-26-38-36-16-8-11-19-41(36)51(43(38)29-34)46-48-44(31-12-4-2-5-13-31)47-45(49-46)32-14-6-3-7-15-32/h2-29H,1H3. The van der Waals surface area contributed by atoms with Gasteiger partial charge in [0.05, 0.1) is 22.1 Å². The lowest BCUT2D eigenvalue weighted by atomic mass is 10.0. The largest absolute Gasteiger partial charge is 0.309 e. The van der Waals surface area contributed by atoms with Crippen LogP contribution in [0.1, 0.15) is 5.56 Å². The highest BCUT2D eigenvalue weighted by atomic mass is 15.2. The molecule has 0 amide bonds. The first kappa shape index (κ1) is 29.1. The first-order valence-electron chi connectivity index (χ1n) is 17.2. The molecule has 0 N–H and O–H groups in total. The van der Waals surface area contributed by atoms with E-state index in [-0.39, 0.29) is 0 Å². The Labute approximate surface area is 294 Å².